The zero-order valence-electron chi connectivity index (χ0n) is 22.8. The van der Waals surface area contributed by atoms with Crippen molar-refractivity contribution in [3.63, 3.8) is 0 Å². The summed E-state index contributed by atoms with van der Waals surface area (Å²) < 4.78 is 11.1. The van der Waals surface area contributed by atoms with Crippen LogP contribution >= 0.6 is 11.3 Å². The molecule has 0 saturated carbocycles. The van der Waals surface area contributed by atoms with Gasteiger partial charge in [0, 0.05) is 43.1 Å². The lowest BCUT2D eigenvalue weighted by Gasteiger charge is -2.33. The van der Waals surface area contributed by atoms with Crippen molar-refractivity contribution in [3.8, 4) is 5.75 Å². The normalized spacial score (nSPS) is 15.3. The molecule has 1 aromatic heterocycles. The molecule has 9 heteroatoms. The molecule has 1 atom stereocenters. The fourth-order valence-corrected chi connectivity index (χ4v) is 5.74. The largest absolute Gasteiger partial charge is 0.491 e. The van der Waals surface area contributed by atoms with Crippen molar-refractivity contribution in [3.05, 3.63) is 41.3 Å². The molecule has 2 amide bonds. The van der Waals surface area contributed by atoms with Crippen LogP contribution in [-0.2, 0) is 20.9 Å². The summed E-state index contributed by atoms with van der Waals surface area (Å²) in [7, 11) is 0. The van der Waals surface area contributed by atoms with Crippen LogP contribution in [0.5, 0.6) is 5.75 Å². The molecule has 1 fully saturated rings. The minimum absolute atomic E-state index is 0.0561. The number of amides is 2. The van der Waals surface area contributed by atoms with E-state index in [1.165, 1.54) is 24.3 Å². The van der Waals surface area contributed by atoms with Gasteiger partial charge >= 0.3 is 0 Å². The Morgan fingerprint density at radius 2 is 1.87 bits per heavy atom. The number of rotatable bonds is 16. The van der Waals surface area contributed by atoms with Gasteiger partial charge in [-0.1, -0.05) is 19.8 Å². The number of hydrogen-bond donors (Lipinski definition) is 2. The number of benzene rings is 1. The molecule has 210 valence electrons. The Morgan fingerprint density at radius 3 is 2.61 bits per heavy atom. The van der Waals surface area contributed by atoms with Crippen LogP contribution in [0.2, 0.25) is 0 Å². The molecule has 8 nitrogen and oxygen atoms in total. The highest BCUT2D eigenvalue weighted by Crippen LogP contribution is 2.33. The van der Waals surface area contributed by atoms with Crippen LogP contribution in [0.4, 0.5) is 10.7 Å². The van der Waals surface area contributed by atoms with Crippen LogP contribution in [-0.4, -0.2) is 49.9 Å². The van der Waals surface area contributed by atoms with Crippen molar-refractivity contribution >= 4 is 33.8 Å². The van der Waals surface area contributed by atoms with E-state index in [4.69, 9.17) is 14.7 Å². The summed E-state index contributed by atoms with van der Waals surface area (Å²) in [5, 5.41) is 9.93. The lowest BCUT2D eigenvalue weighted by atomic mass is 9.96. The first-order chi connectivity index (χ1) is 18.5. The van der Waals surface area contributed by atoms with Gasteiger partial charge in [0.1, 0.15) is 12.4 Å². The average Bonchev–Trinajstić information content (AvgIpc) is 3.43. The van der Waals surface area contributed by atoms with Crippen molar-refractivity contribution in [1.29, 1.82) is 0 Å². The number of nitrogens with one attached hydrogen (secondary N) is 1. The maximum atomic E-state index is 13.4. The third-order valence-electron chi connectivity index (χ3n) is 6.94. The SMILES string of the molecule is CCOCCOc1ccc(N(Cc2ccc(N3CCCC(CC)C3)s2)C(=O)CCCCCC(=O)NO)cc1. The van der Waals surface area contributed by atoms with Gasteiger partial charge in [-0.2, -0.15) is 0 Å². The highest BCUT2D eigenvalue weighted by molar-refractivity contribution is 7.16. The van der Waals surface area contributed by atoms with Gasteiger partial charge in [-0.15, -0.1) is 11.3 Å². The van der Waals surface area contributed by atoms with Gasteiger partial charge in [0.05, 0.1) is 18.2 Å². The number of hydroxylamine groups is 1. The summed E-state index contributed by atoms with van der Waals surface area (Å²) in [4.78, 5) is 30.1. The van der Waals surface area contributed by atoms with E-state index in [0.29, 0.717) is 45.6 Å². The van der Waals surface area contributed by atoms with Crippen LogP contribution < -0.4 is 20.0 Å². The fraction of sp³-hybridized carbons (Fsp3) is 0.586. The molecule has 0 spiro atoms. The highest BCUT2D eigenvalue weighted by atomic mass is 32.1. The maximum Gasteiger partial charge on any atom is 0.243 e. The number of hydrogen-bond acceptors (Lipinski definition) is 7. The van der Waals surface area contributed by atoms with Crippen molar-refractivity contribution in [2.45, 2.75) is 71.8 Å². The summed E-state index contributed by atoms with van der Waals surface area (Å²) in [6.07, 6.45) is 6.48. The van der Waals surface area contributed by atoms with Crippen LogP contribution in [0.1, 0.15) is 70.1 Å². The van der Waals surface area contributed by atoms with Crippen LogP contribution in [0.15, 0.2) is 36.4 Å². The number of piperidine rings is 1. The number of carbonyl (C=O) groups excluding carboxylic acids is 2. The van der Waals surface area contributed by atoms with Gasteiger partial charge in [0.25, 0.3) is 0 Å². The zero-order chi connectivity index (χ0) is 27.2. The molecule has 2 aromatic rings. The summed E-state index contributed by atoms with van der Waals surface area (Å²) >= 11 is 1.77. The van der Waals surface area contributed by atoms with E-state index < -0.39 is 5.91 Å². The summed E-state index contributed by atoms with van der Waals surface area (Å²) in [6.45, 7) is 8.64. The zero-order valence-corrected chi connectivity index (χ0v) is 23.6. The number of unbranched alkanes of at least 4 members (excludes halogenated alkanes) is 2. The van der Waals surface area contributed by atoms with Crippen molar-refractivity contribution in [1.82, 2.24) is 5.48 Å². The standard InChI is InChI=1S/C29H43N3O5S/c1-3-23-9-8-18-31(21-23)29-17-16-26(38-29)22-32(28(34)11-7-5-6-10-27(33)30-35)24-12-14-25(15-13-24)37-20-19-36-4-2/h12-17,23,35H,3-11,18-22H2,1-2H3,(H,30,33). The second-order valence-electron chi connectivity index (χ2n) is 9.72. The van der Waals surface area contributed by atoms with Gasteiger partial charge in [-0.3, -0.25) is 14.8 Å². The Labute approximate surface area is 230 Å². The van der Waals surface area contributed by atoms with Crippen molar-refractivity contribution in [2.75, 3.05) is 42.7 Å². The van der Waals surface area contributed by atoms with E-state index in [0.717, 1.165) is 41.7 Å². The van der Waals surface area contributed by atoms with E-state index in [1.807, 2.05) is 36.1 Å². The van der Waals surface area contributed by atoms with Gasteiger partial charge in [-0.25, -0.2) is 5.48 Å². The Kier molecular flexibility index (Phi) is 12.9. The first-order valence-corrected chi connectivity index (χ1v) is 14.7. The molecule has 1 aliphatic rings. The number of carbonyl (C=O) groups is 2. The van der Waals surface area contributed by atoms with E-state index in [2.05, 4.69) is 24.0 Å². The quantitative estimate of drug-likeness (QED) is 0.158. The maximum absolute atomic E-state index is 13.4. The molecular weight excluding hydrogens is 502 g/mol. The lowest BCUT2D eigenvalue weighted by molar-refractivity contribution is -0.129. The predicted molar refractivity (Wildman–Crippen MR) is 152 cm³/mol. The third-order valence-corrected chi connectivity index (χ3v) is 8.07. The van der Waals surface area contributed by atoms with Gasteiger partial charge < -0.3 is 19.3 Å². The molecule has 38 heavy (non-hydrogen) atoms. The molecule has 0 radical (unpaired) electrons. The Balaban J connectivity index is 1.65. The van der Waals surface area contributed by atoms with E-state index >= 15 is 0 Å². The minimum atomic E-state index is -0.394. The van der Waals surface area contributed by atoms with E-state index in [1.54, 1.807) is 16.8 Å². The Hall–Kier alpha value is -2.62. The third kappa shape index (κ3) is 9.60. The first-order valence-electron chi connectivity index (χ1n) is 13.9. The van der Waals surface area contributed by atoms with Crippen LogP contribution in [0, 0.1) is 5.92 Å². The number of ether oxygens (including phenoxy) is 2. The predicted octanol–water partition coefficient (Wildman–Crippen LogP) is 5.78. The van der Waals surface area contributed by atoms with Gasteiger partial charge in [0.2, 0.25) is 11.8 Å². The van der Waals surface area contributed by atoms with Crippen LogP contribution in [0.3, 0.4) is 0 Å². The second-order valence-corrected chi connectivity index (χ2v) is 10.9. The van der Waals surface area contributed by atoms with Crippen LogP contribution in [0.25, 0.3) is 0 Å². The molecule has 3 rings (SSSR count). The second kappa shape index (κ2) is 16.4. The summed E-state index contributed by atoms with van der Waals surface area (Å²) in [6, 6.07) is 12.0. The van der Waals surface area contributed by atoms with Crippen molar-refractivity contribution in [2.24, 2.45) is 5.92 Å². The smallest absolute Gasteiger partial charge is 0.243 e. The van der Waals surface area contributed by atoms with Gasteiger partial charge in [-0.05, 0) is 74.9 Å². The molecule has 2 heterocycles. The minimum Gasteiger partial charge on any atom is -0.491 e. The number of thiophene rings is 1. The number of nitrogens with zero attached hydrogens (tertiary/aromatic N) is 2. The fourth-order valence-electron chi connectivity index (χ4n) is 4.71. The lowest BCUT2D eigenvalue weighted by Crippen LogP contribution is -2.34. The molecule has 1 aliphatic heterocycles. The highest BCUT2D eigenvalue weighted by Gasteiger charge is 2.22. The van der Waals surface area contributed by atoms with E-state index in [9.17, 15) is 9.59 Å². The topological polar surface area (TPSA) is 91.3 Å². The molecular formula is C29H43N3O5S. The number of anilines is 2. The molecule has 1 aromatic carbocycles. The molecule has 1 unspecified atom stereocenters. The molecule has 2 N–H and O–H groups in total. The summed E-state index contributed by atoms with van der Waals surface area (Å²) in [5.41, 5.74) is 2.49. The summed E-state index contributed by atoms with van der Waals surface area (Å²) in [5.74, 6) is 1.16. The van der Waals surface area contributed by atoms with Gasteiger partial charge in [0.15, 0.2) is 0 Å². The van der Waals surface area contributed by atoms with Crippen molar-refractivity contribution < 1.29 is 24.3 Å². The van der Waals surface area contributed by atoms with E-state index in [-0.39, 0.29) is 12.3 Å². The average molecular weight is 546 g/mol. The first kappa shape index (κ1) is 29.9. The monoisotopic (exact) mass is 545 g/mol. The Morgan fingerprint density at radius 1 is 1.08 bits per heavy atom. The molecule has 0 bridgehead atoms. The molecule has 0 aliphatic carbocycles. The molecule has 1 saturated heterocycles. The Bertz CT molecular complexity index is 981.